The first-order valence-electron chi connectivity index (χ1n) is 5.01. The Hall–Kier alpha value is -1.35. The van der Waals surface area contributed by atoms with Gasteiger partial charge in [0.25, 0.3) is 0 Å². The van der Waals surface area contributed by atoms with Gasteiger partial charge in [0.15, 0.2) is 0 Å². The second kappa shape index (κ2) is 4.94. The van der Waals surface area contributed by atoms with Gasteiger partial charge in [-0.15, -0.1) is 0 Å². The summed E-state index contributed by atoms with van der Waals surface area (Å²) >= 11 is 0. The van der Waals surface area contributed by atoms with Crippen LogP contribution in [0.2, 0.25) is 0 Å². The summed E-state index contributed by atoms with van der Waals surface area (Å²) < 4.78 is 0. The molecule has 0 fully saturated rings. The lowest BCUT2D eigenvalue weighted by molar-refractivity contribution is -0.139. The minimum atomic E-state index is -0.807. The lowest BCUT2D eigenvalue weighted by Gasteiger charge is -2.14. The molecule has 15 heavy (non-hydrogen) atoms. The van der Waals surface area contributed by atoms with Crippen LogP contribution in [-0.2, 0) is 11.2 Å². The first-order valence-corrected chi connectivity index (χ1v) is 5.01. The lowest BCUT2D eigenvalue weighted by atomic mass is 9.98. The molecule has 0 aliphatic rings. The molecule has 0 aromatic heterocycles. The van der Waals surface area contributed by atoms with Crippen molar-refractivity contribution in [3.63, 3.8) is 0 Å². The van der Waals surface area contributed by atoms with Gasteiger partial charge < -0.3 is 10.4 Å². The van der Waals surface area contributed by atoms with E-state index in [1.54, 1.807) is 7.05 Å². The largest absolute Gasteiger partial charge is 0.480 e. The van der Waals surface area contributed by atoms with Gasteiger partial charge in [0.05, 0.1) is 0 Å². The van der Waals surface area contributed by atoms with Crippen LogP contribution in [0.1, 0.15) is 16.7 Å². The fraction of sp³-hybridized carbons (Fsp3) is 0.417. The summed E-state index contributed by atoms with van der Waals surface area (Å²) in [4.78, 5) is 10.9. The number of benzene rings is 1. The van der Waals surface area contributed by atoms with Gasteiger partial charge in [0.2, 0.25) is 0 Å². The minimum absolute atomic E-state index is 0.509. The van der Waals surface area contributed by atoms with Crippen molar-refractivity contribution in [2.75, 3.05) is 7.05 Å². The highest BCUT2D eigenvalue weighted by atomic mass is 16.4. The van der Waals surface area contributed by atoms with Crippen LogP contribution in [0.25, 0.3) is 0 Å². The van der Waals surface area contributed by atoms with Gasteiger partial charge in [-0.3, -0.25) is 4.79 Å². The number of nitrogens with one attached hydrogen (secondary N) is 1. The van der Waals surface area contributed by atoms with Crippen LogP contribution in [-0.4, -0.2) is 24.2 Å². The van der Waals surface area contributed by atoms with E-state index in [1.165, 1.54) is 11.1 Å². The number of hydrogen-bond acceptors (Lipinski definition) is 2. The Morgan fingerprint density at radius 1 is 1.47 bits per heavy atom. The molecule has 0 saturated carbocycles. The van der Waals surface area contributed by atoms with Gasteiger partial charge in [0.1, 0.15) is 6.04 Å². The fourth-order valence-electron chi connectivity index (χ4n) is 1.57. The fourth-order valence-corrected chi connectivity index (χ4v) is 1.57. The van der Waals surface area contributed by atoms with Crippen LogP contribution < -0.4 is 5.32 Å². The zero-order chi connectivity index (χ0) is 11.4. The van der Waals surface area contributed by atoms with Crippen molar-refractivity contribution >= 4 is 5.97 Å². The molecule has 3 heteroatoms. The summed E-state index contributed by atoms with van der Waals surface area (Å²) in [6.45, 7) is 4.06. The van der Waals surface area contributed by atoms with Gasteiger partial charge in [0, 0.05) is 0 Å². The monoisotopic (exact) mass is 207 g/mol. The topological polar surface area (TPSA) is 49.3 Å². The van der Waals surface area contributed by atoms with E-state index in [0.29, 0.717) is 6.42 Å². The molecule has 0 bridgehead atoms. The van der Waals surface area contributed by atoms with Crippen LogP contribution in [0.4, 0.5) is 0 Å². The van der Waals surface area contributed by atoms with Crippen LogP contribution in [0.3, 0.4) is 0 Å². The molecular weight excluding hydrogens is 190 g/mol. The third kappa shape index (κ3) is 2.80. The van der Waals surface area contributed by atoms with E-state index < -0.39 is 12.0 Å². The van der Waals surface area contributed by atoms with Crippen molar-refractivity contribution < 1.29 is 9.90 Å². The molecule has 3 nitrogen and oxygen atoms in total. The molecule has 0 radical (unpaired) electrons. The van der Waals surface area contributed by atoms with E-state index in [1.807, 2.05) is 32.0 Å². The highest BCUT2D eigenvalue weighted by molar-refractivity contribution is 5.74. The summed E-state index contributed by atoms with van der Waals surface area (Å²) in [5.74, 6) is -0.807. The molecule has 0 spiro atoms. The molecule has 1 aromatic rings. The molecule has 0 amide bonds. The highest BCUT2D eigenvalue weighted by Gasteiger charge is 2.16. The van der Waals surface area contributed by atoms with Crippen LogP contribution >= 0.6 is 0 Å². The Balaban J connectivity index is 2.88. The number of carboxylic acids is 1. The van der Waals surface area contributed by atoms with Gasteiger partial charge in [-0.05, 0) is 44.0 Å². The first-order chi connectivity index (χ1) is 7.06. The average Bonchev–Trinajstić information content (AvgIpc) is 2.19. The number of hydrogen-bond donors (Lipinski definition) is 2. The lowest BCUT2D eigenvalue weighted by Crippen LogP contribution is -2.35. The third-order valence-corrected chi connectivity index (χ3v) is 2.79. The second-order valence-corrected chi connectivity index (χ2v) is 3.74. The van der Waals surface area contributed by atoms with E-state index in [0.717, 1.165) is 5.56 Å². The Kier molecular flexibility index (Phi) is 3.86. The quantitative estimate of drug-likeness (QED) is 0.787. The van der Waals surface area contributed by atoms with Crippen LogP contribution in [0.15, 0.2) is 18.2 Å². The van der Waals surface area contributed by atoms with Crippen molar-refractivity contribution in [2.45, 2.75) is 26.3 Å². The molecule has 1 aromatic carbocycles. The van der Waals surface area contributed by atoms with E-state index in [9.17, 15) is 4.79 Å². The van der Waals surface area contributed by atoms with Crippen molar-refractivity contribution in [3.05, 3.63) is 34.9 Å². The van der Waals surface area contributed by atoms with Crippen LogP contribution in [0, 0.1) is 13.8 Å². The second-order valence-electron chi connectivity index (χ2n) is 3.74. The van der Waals surface area contributed by atoms with E-state index in [-0.39, 0.29) is 0 Å². The maximum absolute atomic E-state index is 10.9. The number of rotatable bonds is 4. The molecule has 0 aliphatic heterocycles. The van der Waals surface area contributed by atoms with Crippen molar-refractivity contribution in [1.82, 2.24) is 5.32 Å². The summed E-state index contributed by atoms with van der Waals surface area (Å²) in [7, 11) is 1.67. The maximum Gasteiger partial charge on any atom is 0.321 e. The summed E-state index contributed by atoms with van der Waals surface area (Å²) in [5, 5.41) is 11.7. The first kappa shape index (κ1) is 11.7. The Labute approximate surface area is 90.1 Å². The number of carboxylic acid groups (broad SMARTS) is 1. The van der Waals surface area contributed by atoms with E-state index >= 15 is 0 Å². The standard InChI is InChI=1S/C12H17NO2/c1-8-5-4-6-10(9(8)2)7-11(13-3)12(14)15/h4-6,11,13H,7H2,1-3H3,(H,14,15)/t11-/m0/s1. The summed E-state index contributed by atoms with van der Waals surface area (Å²) in [5.41, 5.74) is 3.48. The Bertz CT molecular complexity index is 361. The molecule has 0 heterocycles. The number of aliphatic carboxylic acids is 1. The van der Waals surface area contributed by atoms with Crippen molar-refractivity contribution in [2.24, 2.45) is 0 Å². The Morgan fingerprint density at radius 3 is 2.67 bits per heavy atom. The predicted molar refractivity (Wildman–Crippen MR) is 60.1 cm³/mol. The highest BCUT2D eigenvalue weighted by Crippen LogP contribution is 2.14. The minimum Gasteiger partial charge on any atom is -0.480 e. The normalized spacial score (nSPS) is 12.5. The van der Waals surface area contributed by atoms with Gasteiger partial charge in [-0.1, -0.05) is 18.2 Å². The Morgan fingerprint density at radius 2 is 2.13 bits per heavy atom. The average molecular weight is 207 g/mol. The molecule has 0 unspecified atom stereocenters. The number of likely N-dealkylation sites (N-methyl/N-ethyl adjacent to an activating group) is 1. The third-order valence-electron chi connectivity index (χ3n) is 2.79. The molecule has 82 valence electrons. The molecule has 0 saturated heterocycles. The molecule has 2 N–H and O–H groups in total. The molecule has 1 atom stereocenters. The zero-order valence-corrected chi connectivity index (χ0v) is 9.37. The number of aryl methyl sites for hydroxylation is 1. The smallest absolute Gasteiger partial charge is 0.321 e. The molecule has 0 aliphatic carbocycles. The molecule has 1 rings (SSSR count). The predicted octanol–water partition coefficient (Wildman–Crippen LogP) is 1.52. The SMILES string of the molecule is CN[C@@H](Cc1cccc(C)c1C)C(=O)O. The zero-order valence-electron chi connectivity index (χ0n) is 9.37. The summed E-state index contributed by atoms with van der Waals surface area (Å²) in [6.07, 6.45) is 0.527. The van der Waals surface area contributed by atoms with Crippen molar-refractivity contribution in [3.8, 4) is 0 Å². The van der Waals surface area contributed by atoms with Gasteiger partial charge in [-0.25, -0.2) is 0 Å². The number of carbonyl (C=O) groups is 1. The van der Waals surface area contributed by atoms with E-state index in [2.05, 4.69) is 5.32 Å². The van der Waals surface area contributed by atoms with Crippen LogP contribution in [0.5, 0.6) is 0 Å². The van der Waals surface area contributed by atoms with E-state index in [4.69, 9.17) is 5.11 Å². The van der Waals surface area contributed by atoms with Gasteiger partial charge >= 0.3 is 5.97 Å². The maximum atomic E-state index is 10.9. The van der Waals surface area contributed by atoms with Gasteiger partial charge in [-0.2, -0.15) is 0 Å². The molecular formula is C12H17NO2. The van der Waals surface area contributed by atoms with Crippen molar-refractivity contribution in [1.29, 1.82) is 0 Å². The summed E-state index contributed by atoms with van der Waals surface area (Å²) in [6, 6.07) is 5.47.